The fourth-order valence-corrected chi connectivity index (χ4v) is 3.56. The first-order chi connectivity index (χ1) is 14.1. The highest BCUT2D eigenvalue weighted by Crippen LogP contribution is 2.44. The third-order valence-electron chi connectivity index (χ3n) is 4.99. The minimum Gasteiger partial charge on any atom is -0.449 e. The molecule has 0 bridgehead atoms. The summed E-state index contributed by atoms with van der Waals surface area (Å²) in [6.45, 7) is 2.37. The van der Waals surface area contributed by atoms with Gasteiger partial charge in [-0.15, -0.1) is 0 Å². The number of nitrogens with zero attached hydrogens (tertiary/aromatic N) is 1. The molecule has 0 saturated heterocycles. The number of aromatic nitrogens is 1. The van der Waals surface area contributed by atoms with Crippen LogP contribution in [0.15, 0.2) is 60.7 Å². The number of hydrogen-bond donors (Lipinski definition) is 2. The van der Waals surface area contributed by atoms with Gasteiger partial charge in [0.15, 0.2) is 0 Å². The maximum Gasteiger partial charge on any atom is 0.407 e. The van der Waals surface area contributed by atoms with E-state index in [2.05, 4.69) is 46.4 Å². The Morgan fingerprint density at radius 3 is 2.41 bits per heavy atom. The lowest BCUT2D eigenvalue weighted by Crippen LogP contribution is -2.26. The van der Waals surface area contributed by atoms with E-state index < -0.39 is 6.09 Å². The van der Waals surface area contributed by atoms with E-state index >= 15 is 0 Å². The van der Waals surface area contributed by atoms with Gasteiger partial charge in [-0.25, -0.2) is 9.78 Å². The van der Waals surface area contributed by atoms with Gasteiger partial charge in [0.25, 0.3) is 0 Å². The van der Waals surface area contributed by atoms with Gasteiger partial charge >= 0.3 is 6.09 Å². The number of alkyl carbamates (subject to hydrolysis) is 1. The summed E-state index contributed by atoms with van der Waals surface area (Å²) in [6, 6.07) is 20.1. The van der Waals surface area contributed by atoms with Crippen LogP contribution in [-0.2, 0) is 4.74 Å². The molecule has 144 valence electrons. The molecular weight excluding hydrogens is 362 g/mol. The summed E-state index contributed by atoms with van der Waals surface area (Å²) in [5, 5.41) is 2.67. The summed E-state index contributed by atoms with van der Waals surface area (Å²) in [5.74, 6) is 6.26. The van der Waals surface area contributed by atoms with Crippen molar-refractivity contribution in [3.8, 4) is 23.0 Å². The number of carbonyl (C=O) groups excluding carboxylic acids is 1. The molecule has 0 spiro atoms. The number of amides is 1. The van der Waals surface area contributed by atoms with Crippen molar-refractivity contribution in [3.05, 3.63) is 83.0 Å². The van der Waals surface area contributed by atoms with Crippen LogP contribution in [0.25, 0.3) is 11.1 Å². The van der Waals surface area contributed by atoms with Gasteiger partial charge in [-0.2, -0.15) is 0 Å². The van der Waals surface area contributed by atoms with E-state index in [0.717, 1.165) is 5.56 Å². The summed E-state index contributed by atoms with van der Waals surface area (Å²) >= 11 is 0. The Labute approximate surface area is 169 Å². The Kier molecular flexibility index (Phi) is 5.17. The normalized spacial score (nSPS) is 11.8. The van der Waals surface area contributed by atoms with Crippen LogP contribution < -0.4 is 11.1 Å². The summed E-state index contributed by atoms with van der Waals surface area (Å²) in [7, 11) is 0. The Morgan fingerprint density at radius 1 is 1.07 bits per heavy atom. The lowest BCUT2D eigenvalue weighted by atomic mass is 9.98. The van der Waals surface area contributed by atoms with Crippen molar-refractivity contribution >= 4 is 11.9 Å². The molecule has 4 rings (SSSR count). The number of pyridine rings is 1. The van der Waals surface area contributed by atoms with E-state index in [0.29, 0.717) is 11.5 Å². The van der Waals surface area contributed by atoms with E-state index in [1.165, 1.54) is 22.3 Å². The minimum atomic E-state index is -0.488. The van der Waals surface area contributed by atoms with E-state index in [-0.39, 0.29) is 19.1 Å². The molecule has 5 nitrogen and oxygen atoms in total. The summed E-state index contributed by atoms with van der Waals surface area (Å²) in [5.41, 5.74) is 12.0. The SMILES string of the molecule is Cc1ccc(N)nc1C#CCNC(=O)OCC1c2ccccc2-c2ccccc21. The highest BCUT2D eigenvalue weighted by Gasteiger charge is 2.28. The van der Waals surface area contributed by atoms with Crippen molar-refractivity contribution in [1.29, 1.82) is 0 Å². The molecular formula is C24H21N3O2. The summed E-state index contributed by atoms with van der Waals surface area (Å²) in [4.78, 5) is 16.3. The van der Waals surface area contributed by atoms with Crippen molar-refractivity contribution in [3.63, 3.8) is 0 Å². The molecule has 2 aromatic carbocycles. The van der Waals surface area contributed by atoms with Crippen LogP contribution in [0.2, 0.25) is 0 Å². The molecule has 3 aromatic rings. The maximum atomic E-state index is 12.1. The van der Waals surface area contributed by atoms with E-state index in [4.69, 9.17) is 10.5 Å². The van der Waals surface area contributed by atoms with Gasteiger partial charge in [0, 0.05) is 5.92 Å². The van der Waals surface area contributed by atoms with Crippen LogP contribution in [0.1, 0.15) is 28.3 Å². The second kappa shape index (κ2) is 8.07. The average molecular weight is 383 g/mol. The van der Waals surface area contributed by atoms with Gasteiger partial charge in [-0.3, -0.25) is 0 Å². The van der Waals surface area contributed by atoms with Crippen molar-refractivity contribution in [2.45, 2.75) is 12.8 Å². The van der Waals surface area contributed by atoms with Crippen molar-refractivity contribution in [2.75, 3.05) is 18.9 Å². The second-order valence-corrected chi connectivity index (χ2v) is 6.88. The van der Waals surface area contributed by atoms with E-state index in [1.807, 2.05) is 37.3 Å². The number of anilines is 1. The Bertz CT molecular complexity index is 1080. The molecule has 3 N–H and O–H groups in total. The third-order valence-corrected chi connectivity index (χ3v) is 4.99. The molecule has 0 atom stereocenters. The second-order valence-electron chi connectivity index (χ2n) is 6.88. The van der Waals surface area contributed by atoms with Crippen molar-refractivity contribution < 1.29 is 9.53 Å². The number of nitrogens with one attached hydrogen (secondary N) is 1. The Morgan fingerprint density at radius 2 is 1.72 bits per heavy atom. The highest BCUT2D eigenvalue weighted by atomic mass is 16.5. The van der Waals surface area contributed by atoms with Crippen LogP contribution in [0.3, 0.4) is 0 Å². The molecule has 0 aliphatic heterocycles. The number of nitrogens with two attached hydrogens (primary N) is 1. The zero-order chi connectivity index (χ0) is 20.2. The number of nitrogen functional groups attached to an aromatic ring is 1. The first-order valence-corrected chi connectivity index (χ1v) is 9.44. The molecule has 1 heterocycles. The number of rotatable bonds is 3. The number of benzene rings is 2. The monoisotopic (exact) mass is 383 g/mol. The zero-order valence-corrected chi connectivity index (χ0v) is 16.1. The molecule has 1 aliphatic carbocycles. The van der Waals surface area contributed by atoms with Crippen LogP contribution in [0.5, 0.6) is 0 Å². The van der Waals surface area contributed by atoms with Gasteiger partial charge < -0.3 is 15.8 Å². The first kappa shape index (κ1) is 18.6. The van der Waals surface area contributed by atoms with Crippen molar-refractivity contribution in [2.24, 2.45) is 0 Å². The molecule has 0 radical (unpaired) electrons. The topological polar surface area (TPSA) is 77.2 Å². The predicted molar refractivity (Wildman–Crippen MR) is 113 cm³/mol. The lowest BCUT2D eigenvalue weighted by molar-refractivity contribution is 0.144. The minimum absolute atomic E-state index is 0.0402. The van der Waals surface area contributed by atoms with Crippen molar-refractivity contribution in [1.82, 2.24) is 10.3 Å². The molecule has 0 saturated carbocycles. The van der Waals surface area contributed by atoms with Crippen LogP contribution in [0, 0.1) is 18.8 Å². The quantitative estimate of drug-likeness (QED) is 0.673. The fourth-order valence-electron chi connectivity index (χ4n) is 3.56. The van der Waals surface area contributed by atoms with Gasteiger partial charge in [-0.05, 0) is 46.7 Å². The first-order valence-electron chi connectivity index (χ1n) is 9.44. The van der Waals surface area contributed by atoms with Crippen LogP contribution in [0.4, 0.5) is 10.6 Å². The van der Waals surface area contributed by atoms with Crippen LogP contribution in [-0.4, -0.2) is 24.2 Å². The number of hydrogen-bond acceptors (Lipinski definition) is 4. The molecule has 1 aromatic heterocycles. The van der Waals surface area contributed by atoms with Crippen LogP contribution >= 0.6 is 0 Å². The maximum absolute atomic E-state index is 12.1. The fraction of sp³-hybridized carbons (Fsp3) is 0.167. The zero-order valence-electron chi connectivity index (χ0n) is 16.1. The summed E-state index contributed by atoms with van der Waals surface area (Å²) in [6.07, 6.45) is -0.488. The highest BCUT2D eigenvalue weighted by molar-refractivity contribution is 5.79. The average Bonchev–Trinajstić information content (AvgIpc) is 3.06. The third kappa shape index (κ3) is 3.92. The molecule has 1 aliphatic rings. The Hall–Kier alpha value is -3.78. The number of aryl methyl sites for hydroxylation is 1. The smallest absolute Gasteiger partial charge is 0.407 e. The van der Waals surface area contributed by atoms with Gasteiger partial charge in [-0.1, -0.05) is 60.5 Å². The molecule has 5 heteroatoms. The summed E-state index contributed by atoms with van der Waals surface area (Å²) < 4.78 is 5.48. The predicted octanol–water partition coefficient (Wildman–Crippen LogP) is 3.86. The molecule has 1 amide bonds. The van der Waals surface area contributed by atoms with E-state index in [1.54, 1.807) is 6.07 Å². The number of fused-ring (bicyclic) bond motifs is 3. The number of ether oxygens (including phenoxy) is 1. The molecule has 0 unspecified atom stereocenters. The van der Waals surface area contributed by atoms with Gasteiger partial charge in [0.1, 0.15) is 18.1 Å². The Balaban J connectivity index is 1.36. The van der Waals surface area contributed by atoms with E-state index in [9.17, 15) is 4.79 Å². The van der Waals surface area contributed by atoms with Gasteiger partial charge in [0.2, 0.25) is 0 Å². The lowest BCUT2D eigenvalue weighted by Gasteiger charge is -2.14. The number of carbonyl (C=O) groups is 1. The van der Waals surface area contributed by atoms with Gasteiger partial charge in [0.05, 0.1) is 6.54 Å². The molecule has 0 fully saturated rings. The molecule has 29 heavy (non-hydrogen) atoms. The largest absolute Gasteiger partial charge is 0.449 e. The standard InChI is InChI=1S/C24H21N3O2/c1-16-12-13-23(25)27-22(16)11-6-14-26-24(28)29-15-21-19-9-4-2-7-17(19)18-8-3-5-10-20(18)21/h2-5,7-10,12-13,21H,14-15H2,1H3,(H2,25,27)(H,26,28).